The van der Waals surface area contributed by atoms with Gasteiger partial charge in [0, 0.05) is 0 Å². The second-order valence-electron chi connectivity index (χ2n) is 4.59. The molecule has 0 saturated heterocycles. The summed E-state index contributed by atoms with van der Waals surface area (Å²) in [6.07, 6.45) is 11.9. The molecule has 1 unspecified atom stereocenters. The lowest BCUT2D eigenvalue weighted by molar-refractivity contribution is 0.421. The van der Waals surface area contributed by atoms with Crippen molar-refractivity contribution >= 4 is 0 Å². The summed E-state index contributed by atoms with van der Waals surface area (Å²) < 4.78 is 0. The van der Waals surface area contributed by atoms with E-state index in [0.717, 1.165) is 11.8 Å². The van der Waals surface area contributed by atoms with E-state index in [1.54, 1.807) is 0 Å². The first kappa shape index (κ1) is 10.1. The molecule has 1 saturated carbocycles. The average molecular weight is 168 g/mol. The molecule has 0 heteroatoms. The first-order valence-electron chi connectivity index (χ1n) is 5.83. The molecule has 1 fully saturated rings. The van der Waals surface area contributed by atoms with Gasteiger partial charge in [-0.2, -0.15) is 0 Å². The van der Waals surface area contributed by atoms with Gasteiger partial charge in [-0.1, -0.05) is 65.2 Å². The molecule has 12 heavy (non-hydrogen) atoms. The summed E-state index contributed by atoms with van der Waals surface area (Å²) in [5, 5.41) is 0. The van der Waals surface area contributed by atoms with Crippen molar-refractivity contribution in [2.75, 3.05) is 0 Å². The summed E-state index contributed by atoms with van der Waals surface area (Å²) in [6.45, 7) is 4.69. The smallest absolute Gasteiger partial charge is 0.0414 e. The summed E-state index contributed by atoms with van der Waals surface area (Å²) >= 11 is 0. The standard InChI is InChI=1S/C12H24/c1-3-11(2)7-6-10-12-8-4-5-9-12/h11-12H,3-10H2,1-2H3. The van der Waals surface area contributed by atoms with Crippen molar-refractivity contribution in [3.8, 4) is 0 Å². The highest BCUT2D eigenvalue weighted by molar-refractivity contribution is 4.67. The summed E-state index contributed by atoms with van der Waals surface area (Å²) in [7, 11) is 0. The van der Waals surface area contributed by atoms with E-state index in [2.05, 4.69) is 13.8 Å². The van der Waals surface area contributed by atoms with Crippen LogP contribution >= 0.6 is 0 Å². The van der Waals surface area contributed by atoms with E-state index in [1.165, 1.54) is 51.4 Å². The van der Waals surface area contributed by atoms with Gasteiger partial charge in [-0.15, -0.1) is 0 Å². The van der Waals surface area contributed by atoms with Crippen LogP contribution in [0.2, 0.25) is 0 Å². The second kappa shape index (κ2) is 5.61. The molecule has 0 heterocycles. The fourth-order valence-corrected chi connectivity index (χ4v) is 2.26. The Morgan fingerprint density at radius 3 is 2.50 bits per heavy atom. The van der Waals surface area contributed by atoms with Gasteiger partial charge in [0.15, 0.2) is 0 Å². The van der Waals surface area contributed by atoms with Crippen LogP contribution < -0.4 is 0 Å². The Balaban J connectivity index is 1.94. The molecule has 0 aromatic rings. The summed E-state index contributed by atoms with van der Waals surface area (Å²) in [5.41, 5.74) is 0. The first-order chi connectivity index (χ1) is 5.83. The zero-order valence-electron chi connectivity index (χ0n) is 8.81. The number of hydrogen-bond acceptors (Lipinski definition) is 0. The van der Waals surface area contributed by atoms with Gasteiger partial charge in [0.05, 0.1) is 0 Å². The molecule has 1 atom stereocenters. The Morgan fingerprint density at radius 2 is 1.92 bits per heavy atom. The predicted octanol–water partition coefficient (Wildman–Crippen LogP) is 4.39. The van der Waals surface area contributed by atoms with E-state index in [-0.39, 0.29) is 0 Å². The van der Waals surface area contributed by atoms with E-state index >= 15 is 0 Å². The zero-order valence-corrected chi connectivity index (χ0v) is 8.81. The molecule has 1 aliphatic rings. The van der Waals surface area contributed by atoms with Gasteiger partial charge in [0.1, 0.15) is 0 Å². The molecule has 0 amide bonds. The van der Waals surface area contributed by atoms with Crippen molar-refractivity contribution in [1.82, 2.24) is 0 Å². The molecule has 0 aliphatic heterocycles. The first-order valence-corrected chi connectivity index (χ1v) is 5.83. The summed E-state index contributed by atoms with van der Waals surface area (Å²) in [5.74, 6) is 2.07. The van der Waals surface area contributed by atoms with Crippen LogP contribution in [0.1, 0.15) is 65.2 Å². The zero-order chi connectivity index (χ0) is 8.81. The van der Waals surface area contributed by atoms with E-state index in [1.807, 2.05) is 0 Å². The van der Waals surface area contributed by atoms with Crippen LogP contribution in [0.5, 0.6) is 0 Å². The second-order valence-corrected chi connectivity index (χ2v) is 4.59. The third-order valence-electron chi connectivity index (χ3n) is 3.48. The highest BCUT2D eigenvalue weighted by atomic mass is 14.2. The van der Waals surface area contributed by atoms with E-state index in [9.17, 15) is 0 Å². The SMILES string of the molecule is CCC(C)CCCC1CCCC1. The fourth-order valence-electron chi connectivity index (χ4n) is 2.26. The van der Waals surface area contributed by atoms with Crippen molar-refractivity contribution in [3.05, 3.63) is 0 Å². The summed E-state index contributed by atoms with van der Waals surface area (Å²) in [6, 6.07) is 0. The van der Waals surface area contributed by atoms with Gasteiger partial charge in [-0.3, -0.25) is 0 Å². The van der Waals surface area contributed by atoms with Crippen molar-refractivity contribution in [1.29, 1.82) is 0 Å². The van der Waals surface area contributed by atoms with Crippen LogP contribution in [0.4, 0.5) is 0 Å². The molecule has 0 nitrogen and oxygen atoms in total. The minimum Gasteiger partial charge on any atom is -0.0651 e. The molecule has 0 aromatic carbocycles. The van der Waals surface area contributed by atoms with E-state index in [0.29, 0.717) is 0 Å². The molecule has 0 spiro atoms. The maximum atomic E-state index is 2.38. The molecule has 0 N–H and O–H groups in total. The molecule has 1 aliphatic carbocycles. The Hall–Kier alpha value is 0. The van der Waals surface area contributed by atoms with Crippen LogP contribution in [0.25, 0.3) is 0 Å². The van der Waals surface area contributed by atoms with Crippen LogP contribution in [0.3, 0.4) is 0 Å². The van der Waals surface area contributed by atoms with Gasteiger partial charge < -0.3 is 0 Å². The fraction of sp³-hybridized carbons (Fsp3) is 1.00. The quantitative estimate of drug-likeness (QED) is 0.571. The van der Waals surface area contributed by atoms with Gasteiger partial charge in [-0.05, 0) is 11.8 Å². The monoisotopic (exact) mass is 168 g/mol. The molecule has 72 valence electrons. The van der Waals surface area contributed by atoms with Crippen LogP contribution in [0, 0.1) is 11.8 Å². The van der Waals surface area contributed by atoms with Gasteiger partial charge in [-0.25, -0.2) is 0 Å². The average Bonchev–Trinajstić information content (AvgIpc) is 2.57. The third-order valence-corrected chi connectivity index (χ3v) is 3.48. The Morgan fingerprint density at radius 1 is 1.25 bits per heavy atom. The topological polar surface area (TPSA) is 0 Å². The van der Waals surface area contributed by atoms with Gasteiger partial charge in [0.2, 0.25) is 0 Å². The van der Waals surface area contributed by atoms with E-state index < -0.39 is 0 Å². The van der Waals surface area contributed by atoms with Crippen LogP contribution in [0.15, 0.2) is 0 Å². The number of hydrogen-bond donors (Lipinski definition) is 0. The Kier molecular flexibility index (Phi) is 4.72. The molecule has 0 aromatic heterocycles. The normalized spacial score (nSPS) is 21.5. The summed E-state index contributed by atoms with van der Waals surface area (Å²) in [4.78, 5) is 0. The highest BCUT2D eigenvalue weighted by Crippen LogP contribution is 2.29. The lowest BCUT2D eigenvalue weighted by Crippen LogP contribution is -1.96. The van der Waals surface area contributed by atoms with Gasteiger partial charge >= 0.3 is 0 Å². The lowest BCUT2D eigenvalue weighted by Gasteiger charge is -2.11. The van der Waals surface area contributed by atoms with Crippen molar-refractivity contribution < 1.29 is 0 Å². The molecular weight excluding hydrogens is 144 g/mol. The lowest BCUT2D eigenvalue weighted by atomic mass is 9.95. The maximum Gasteiger partial charge on any atom is -0.0414 e. The molecule has 1 rings (SSSR count). The minimum absolute atomic E-state index is 0.964. The molecular formula is C12H24. The maximum absolute atomic E-state index is 2.38. The van der Waals surface area contributed by atoms with Crippen molar-refractivity contribution in [2.24, 2.45) is 11.8 Å². The van der Waals surface area contributed by atoms with E-state index in [4.69, 9.17) is 0 Å². The minimum atomic E-state index is 0.964. The Bertz CT molecular complexity index is 101. The predicted molar refractivity (Wildman–Crippen MR) is 55.3 cm³/mol. The van der Waals surface area contributed by atoms with Crippen LogP contribution in [-0.4, -0.2) is 0 Å². The van der Waals surface area contributed by atoms with Crippen molar-refractivity contribution in [2.45, 2.75) is 65.2 Å². The molecule has 0 radical (unpaired) electrons. The number of rotatable bonds is 5. The highest BCUT2D eigenvalue weighted by Gasteiger charge is 2.14. The Labute approximate surface area is 77.7 Å². The van der Waals surface area contributed by atoms with Crippen LogP contribution in [-0.2, 0) is 0 Å². The van der Waals surface area contributed by atoms with Crippen molar-refractivity contribution in [3.63, 3.8) is 0 Å². The third kappa shape index (κ3) is 3.60. The van der Waals surface area contributed by atoms with Gasteiger partial charge in [0.25, 0.3) is 0 Å². The molecule has 0 bridgehead atoms. The largest absolute Gasteiger partial charge is 0.0651 e.